The van der Waals surface area contributed by atoms with Crippen LogP contribution in [0.25, 0.3) is 0 Å². The highest BCUT2D eigenvalue weighted by molar-refractivity contribution is 5.85. The maximum atomic E-state index is 11.9. The summed E-state index contributed by atoms with van der Waals surface area (Å²) in [6.07, 6.45) is 0.109. The fraction of sp³-hybridized carbons (Fsp3) is 0.727. The van der Waals surface area contributed by atoms with Crippen LogP contribution in [0.5, 0.6) is 0 Å². The van der Waals surface area contributed by atoms with Gasteiger partial charge in [0.15, 0.2) is 0 Å². The maximum Gasteiger partial charge on any atom is 0.309 e. The molecule has 0 aliphatic carbocycles. The number of methoxy groups -OCH3 is 1. The lowest BCUT2D eigenvalue weighted by Gasteiger charge is -2.35. The Labute approximate surface area is 110 Å². The van der Waals surface area contributed by atoms with Crippen molar-refractivity contribution in [2.75, 3.05) is 26.8 Å². The van der Waals surface area contributed by atoms with Crippen molar-refractivity contribution < 1.29 is 29.3 Å². The van der Waals surface area contributed by atoms with Gasteiger partial charge in [0.2, 0.25) is 5.91 Å². The van der Waals surface area contributed by atoms with Gasteiger partial charge in [-0.1, -0.05) is 0 Å². The number of ether oxygens (including phenoxy) is 1. The highest BCUT2D eigenvalue weighted by Gasteiger charge is 2.40. The number of carboxylic acids is 2. The zero-order chi connectivity index (χ0) is 14.6. The summed E-state index contributed by atoms with van der Waals surface area (Å²) in [6, 6.07) is -0.860. The number of carboxylic acid groups (broad SMARTS) is 2. The molecule has 0 saturated carbocycles. The Morgan fingerprint density at radius 3 is 2.37 bits per heavy atom. The third kappa shape index (κ3) is 3.65. The van der Waals surface area contributed by atoms with Crippen molar-refractivity contribution in [3.8, 4) is 0 Å². The second-order valence-electron chi connectivity index (χ2n) is 4.52. The molecule has 0 spiro atoms. The molecule has 1 rings (SSSR count). The summed E-state index contributed by atoms with van der Waals surface area (Å²) in [5.41, 5.74) is 5.59. The van der Waals surface area contributed by atoms with Crippen LogP contribution in [0.15, 0.2) is 0 Å². The summed E-state index contributed by atoms with van der Waals surface area (Å²) in [4.78, 5) is 35.3. The minimum absolute atomic E-state index is 0.0371. The molecule has 0 aromatic heterocycles. The van der Waals surface area contributed by atoms with Gasteiger partial charge in [-0.25, -0.2) is 0 Å². The number of amides is 1. The van der Waals surface area contributed by atoms with Crippen molar-refractivity contribution in [2.45, 2.75) is 12.5 Å². The van der Waals surface area contributed by atoms with Gasteiger partial charge in [-0.3, -0.25) is 14.4 Å². The van der Waals surface area contributed by atoms with Gasteiger partial charge in [0.05, 0.1) is 18.4 Å². The first-order chi connectivity index (χ1) is 8.88. The molecular weight excluding hydrogens is 256 g/mol. The van der Waals surface area contributed by atoms with E-state index in [-0.39, 0.29) is 26.1 Å². The van der Waals surface area contributed by atoms with E-state index >= 15 is 0 Å². The minimum atomic E-state index is -1.22. The Hall–Kier alpha value is -1.67. The third-order valence-corrected chi connectivity index (χ3v) is 3.22. The van der Waals surface area contributed by atoms with E-state index < -0.39 is 35.7 Å². The van der Waals surface area contributed by atoms with E-state index in [1.807, 2.05) is 0 Å². The molecule has 4 N–H and O–H groups in total. The second-order valence-corrected chi connectivity index (χ2v) is 4.52. The van der Waals surface area contributed by atoms with Gasteiger partial charge in [-0.15, -0.1) is 0 Å². The number of hydrogen-bond donors (Lipinski definition) is 3. The number of carbonyl (C=O) groups is 3. The van der Waals surface area contributed by atoms with Crippen LogP contribution in [-0.4, -0.2) is 65.8 Å². The molecular formula is C11H18N2O6. The van der Waals surface area contributed by atoms with Crippen molar-refractivity contribution in [2.24, 2.45) is 17.6 Å². The van der Waals surface area contributed by atoms with Crippen LogP contribution in [0.4, 0.5) is 0 Å². The predicted molar refractivity (Wildman–Crippen MR) is 63.3 cm³/mol. The first-order valence-electron chi connectivity index (χ1n) is 5.87. The lowest BCUT2D eigenvalue weighted by atomic mass is 9.85. The normalized spacial score (nSPS) is 24.8. The fourth-order valence-electron chi connectivity index (χ4n) is 2.18. The molecule has 0 radical (unpaired) electrons. The minimum Gasteiger partial charge on any atom is -0.481 e. The molecule has 0 bridgehead atoms. The van der Waals surface area contributed by atoms with Gasteiger partial charge in [-0.2, -0.15) is 0 Å². The molecule has 8 heteroatoms. The predicted octanol–water partition coefficient (Wildman–Crippen LogP) is -1.41. The quantitative estimate of drug-likeness (QED) is 0.561. The van der Waals surface area contributed by atoms with Crippen LogP contribution < -0.4 is 5.73 Å². The maximum absolute atomic E-state index is 11.9. The second kappa shape index (κ2) is 6.48. The van der Waals surface area contributed by atoms with Gasteiger partial charge >= 0.3 is 11.9 Å². The van der Waals surface area contributed by atoms with Crippen molar-refractivity contribution in [1.82, 2.24) is 4.90 Å². The van der Waals surface area contributed by atoms with Crippen LogP contribution in [-0.2, 0) is 19.1 Å². The molecule has 8 nitrogen and oxygen atoms in total. The SMILES string of the molecule is COCC(N)C(=O)N1CCC(C(=O)O)C(C(=O)O)C1. The number of aliphatic carboxylic acids is 2. The Morgan fingerprint density at radius 1 is 1.32 bits per heavy atom. The number of nitrogens with zero attached hydrogens (tertiary/aromatic N) is 1. The lowest BCUT2D eigenvalue weighted by Crippen LogP contribution is -2.53. The standard InChI is InChI=1S/C11H18N2O6/c1-19-5-8(12)9(14)13-3-2-6(10(15)16)7(4-13)11(17)18/h6-8H,2-5,12H2,1H3,(H,15,16)(H,17,18). The number of rotatable bonds is 5. The van der Waals surface area contributed by atoms with Crippen molar-refractivity contribution in [3.63, 3.8) is 0 Å². The zero-order valence-corrected chi connectivity index (χ0v) is 10.6. The monoisotopic (exact) mass is 274 g/mol. The number of nitrogens with two attached hydrogens (primary N) is 1. The van der Waals surface area contributed by atoms with E-state index in [9.17, 15) is 14.4 Å². The molecule has 1 aliphatic rings. The number of likely N-dealkylation sites (tertiary alicyclic amines) is 1. The summed E-state index contributed by atoms with van der Waals surface area (Å²) in [5.74, 6) is -4.87. The van der Waals surface area contributed by atoms with Crippen molar-refractivity contribution >= 4 is 17.8 Å². The third-order valence-electron chi connectivity index (χ3n) is 3.22. The van der Waals surface area contributed by atoms with Crippen molar-refractivity contribution in [1.29, 1.82) is 0 Å². The number of piperidine rings is 1. The van der Waals surface area contributed by atoms with E-state index in [0.29, 0.717) is 0 Å². The smallest absolute Gasteiger partial charge is 0.309 e. The number of hydrogen-bond acceptors (Lipinski definition) is 5. The molecule has 0 aromatic rings. The van der Waals surface area contributed by atoms with Crippen LogP contribution in [0.3, 0.4) is 0 Å². The van der Waals surface area contributed by atoms with Gasteiger partial charge in [0, 0.05) is 20.2 Å². The van der Waals surface area contributed by atoms with Crippen LogP contribution in [0.2, 0.25) is 0 Å². The van der Waals surface area contributed by atoms with Gasteiger partial charge in [0.1, 0.15) is 6.04 Å². The Kier molecular flexibility index (Phi) is 5.25. The molecule has 0 aromatic carbocycles. The van der Waals surface area contributed by atoms with Crippen LogP contribution in [0.1, 0.15) is 6.42 Å². The average Bonchev–Trinajstić information content (AvgIpc) is 2.37. The summed E-state index contributed by atoms with van der Waals surface area (Å²) < 4.78 is 4.77. The van der Waals surface area contributed by atoms with Gasteiger partial charge < -0.3 is 25.6 Å². The summed E-state index contributed by atoms with van der Waals surface area (Å²) in [5, 5.41) is 18.0. The lowest BCUT2D eigenvalue weighted by molar-refractivity contribution is -0.159. The van der Waals surface area contributed by atoms with E-state index in [1.54, 1.807) is 0 Å². The molecule has 3 atom stereocenters. The van der Waals surface area contributed by atoms with Crippen molar-refractivity contribution in [3.05, 3.63) is 0 Å². The number of carbonyl (C=O) groups excluding carboxylic acids is 1. The molecule has 1 heterocycles. The van der Waals surface area contributed by atoms with E-state index in [2.05, 4.69) is 0 Å². The molecule has 1 fully saturated rings. The van der Waals surface area contributed by atoms with E-state index in [0.717, 1.165) is 0 Å². The first kappa shape index (κ1) is 15.4. The Balaban J connectivity index is 2.74. The molecule has 19 heavy (non-hydrogen) atoms. The Morgan fingerprint density at radius 2 is 1.89 bits per heavy atom. The van der Waals surface area contributed by atoms with E-state index in [4.69, 9.17) is 20.7 Å². The van der Waals surface area contributed by atoms with Crippen LogP contribution >= 0.6 is 0 Å². The molecule has 1 aliphatic heterocycles. The topological polar surface area (TPSA) is 130 Å². The zero-order valence-electron chi connectivity index (χ0n) is 10.6. The molecule has 1 amide bonds. The molecule has 108 valence electrons. The largest absolute Gasteiger partial charge is 0.481 e. The summed E-state index contributed by atoms with van der Waals surface area (Å²) >= 11 is 0. The summed E-state index contributed by atoms with van der Waals surface area (Å²) in [6.45, 7) is 0.0922. The van der Waals surface area contributed by atoms with Gasteiger partial charge in [-0.05, 0) is 6.42 Å². The van der Waals surface area contributed by atoms with Crippen LogP contribution in [0, 0.1) is 11.8 Å². The first-order valence-corrected chi connectivity index (χ1v) is 5.87. The van der Waals surface area contributed by atoms with Gasteiger partial charge in [0.25, 0.3) is 0 Å². The molecule has 3 unspecified atom stereocenters. The van der Waals surface area contributed by atoms with E-state index in [1.165, 1.54) is 12.0 Å². The summed E-state index contributed by atoms with van der Waals surface area (Å²) in [7, 11) is 1.41. The highest BCUT2D eigenvalue weighted by atomic mass is 16.5. The average molecular weight is 274 g/mol. The fourth-order valence-corrected chi connectivity index (χ4v) is 2.18. The Bertz CT molecular complexity index is 372. The highest BCUT2D eigenvalue weighted by Crippen LogP contribution is 2.24. The molecule has 1 saturated heterocycles.